The van der Waals surface area contributed by atoms with Gasteiger partial charge in [0.25, 0.3) is 0 Å². The Kier molecular flexibility index (Phi) is 2.85. The summed E-state index contributed by atoms with van der Waals surface area (Å²) in [6.45, 7) is 0.694. The Balaban J connectivity index is 1.64. The average molecular weight is 257 g/mol. The second-order valence-electron chi connectivity index (χ2n) is 6.67. The zero-order chi connectivity index (χ0) is 12.8. The van der Waals surface area contributed by atoms with Crippen molar-refractivity contribution in [1.82, 2.24) is 9.88 Å². The summed E-state index contributed by atoms with van der Waals surface area (Å²) in [5, 5.41) is 0. The number of piperidine rings is 2. The van der Waals surface area contributed by atoms with Crippen LogP contribution in [-0.2, 0) is 0 Å². The van der Waals surface area contributed by atoms with E-state index in [1.807, 2.05) is 12.3 Å². The van der Waals surface area contributed by atoms with Crippen LogP contribution < -0.4 is 5.73 Å². The molecule has 3 heteroatoms. The van der Waals surface area contributed by atoms with Crippen molar-refractivity contribution in [2.45, 2.75) is 50.2 Å². The maximum Gasteiger partial charge on any atom is 0.0649 e. The number of hydrogen-bond acceptors (Lipinski definition) is 3. The summed E-state index contributed by atoms with van der Waals surface area (Å²) in [5.41, 5.74) is 7.27. The second-order valence-corrected chi connectivity index (χ2v) is 6.67. The van der Waals surface area contributed by atoms with Crippen LogP contribution in [0.3, 0.4) is 0 Å². The minimum absolute atomic E-state index is 0.330. The van der Waals surface area contributed by atoms with E-state index in [1.54, 1.807) is 0 Å². The number of nitrogens with zero attached hydrogens (tertiary/aromatic N) is 2. The first kappa shape index (κ1) is 11.9. The van der Waals surface area contributed by atoms with Crippen LogP contribution in [0, 0.1) is 11.8 Å². The van der Waals surface area contributed by atoms with Crippen molar-refractivity contribution in [3.8, 4) is 0 Å². The average Bonchev–Trinajstić information content (AvgIpc) is 2.43. The highest BCUT2D eigenvalue weighted by atomic mass is 15.3. The molecule has 1 aromatic rings. The Morgan fingerprint density at radius 3 is 2.32 bits per heavy atom. The Bertz CT molecular complexity index is 417. The van der Waals surface area contributed by atoms with Crippen molar-refractivity contribution in [1.29, 1.82) is 0 Å². The molecular weight excluding hydrogens is 234 g/mol. The molecule has 3 nitrogen and oxygen atoms in total. The number of aromatic nitrogens is 1. The van der Waals surface area contributed by atoms with Gasteiger partial charge in [0.2, 0.25) is 0 Å². The molecule has 0 spiro atoms. The number of nitrogens with two attached hydrogens (primary N) is 1. The summed E-state index contributed by atoms with van der Waals surface area (Å²) in [5.74, 6) is 2.00. The summed E-state index contributed by atoms with van der Waals surface area (Å²) in [6.07, 6.45) is 8.99. The Hall–Kier alpha value is -0.930. The third kappa shape index (κ3) is 1.91. The lowest BCUT2D eigenvalue weighted by atomic mass is 9.63. The summed E-state index contributed by atoms with van der Waals surface area (Å²) in [6, 6.07) is 8.09. The molecule has 1 aromatic heterocycles. The van der Waals surface area contributed by atoms with Gasteiger partial charge in [-0.3, -0.25) is 9.88 Å². The lowest BCUT2D eigenvalue weighted by Gasteiger charge is -2.58. The van der Waals surface area contributed by atoms with Gasteiger partial charge in [-0.25, -0.2) is 0 Å². The van der Waals surface area contributed by atoms with E-state index in [0.717, 1.165) is 29.6 Å². The fourth-order valence-corrected chi connectivity index (χ4v) is 5.04. The van der Waals surface area contributed by atoms with E-state index in [4.69, 9.17) is 5.73 Å². The monoisotopic (exact) mass is 257 g/mol. The molecule has 4 aliphatic rings. The van der Waals surface area contributed by atoms with Crippen molar-refractivity contribution in [3.05, 3.63) is 30.1 Å². The lowest BCUT2D eigenvalue weighted by molar-refractivity contribution is -0.0822. The molecule has 19 heavy (non-hydrogen) atoms. The van der Waals surface area contributed by atoms with Crippen LogP contribution in [-0.4, -0.2) is 28.5 Å². The van der Waals surface area contributed by atoms with Crippen LogP contribution in [0.25, 0.3) is 0 Å². The summed E-state index contributed by atoms with van der Waals surface area (Å²) in [7, 11) is 0. The van der Waals surface area contributed by atoms with Crippen LogP contribution in [0.4, 0.5) is 0 Å². The molecule has 2 saturated heterocycles. The van der Waals surface area contributed by atoms with Crippen molar-refractivity contribution in [3.63, 3.8) is 0 Å². The molecule has 4 bridgehead atoms. The molecule has 2 aliphatic carbocycles. The van der Waals surface area contributed by atoms with Gasteiger partial charge in [0.05, 0.1) is 11.7 Å². The van der Waals surface area contributed by atoms with Crippen LogP contribution in [0.5, 0.6) is 0 Å². The molecule has 2 aliphatic heterocycles. The number of rotatable bonds is 3. The fraction of sp³-hybridized carbons (Fsp3) is 0.688. The summed E-state index contributed by atoms with van der Waals surface area (Å²) < 4.78 is 0. The van der Waals surface area contributed by atoms with Crippen molar-refractivity contribution in [2.24, 2.45) is 17.6 Å². The topological polar surface area (TPSA) is 42.1 Å². The molecule has 5 rings (SSSR count). The van der Waals surface area contributed by atoms with E-state index in [9.17, 15) is 0 Å². The minimum atomic E-state index is 0.330. The van der Waals surface area contributed by atoms with Gasteiger partial charge in [0.15, 0.2) is 0 Å². The zero-order valence-electron chi connectivity index (χ0n) is 11.4. The molecule has 1 atom stereocenters. The highest BCUT2D eigenvalue weighted by molar-refractivity contribution is 5.13. The third-order valence-corrected chi connectivity index (χ3v) is 5.54. The second kappa shape index (κ2) is 4.57. The first-order valence-electron chi connectivity index (χ1n) is 7.73. The molecule has 102 valence electrons. The van der Waals surface area contributed by atoms with Crippen LogP contribution in [0.1, 0.15) is 43.8 Å². The van der Waals surface area contributed by atoms with E-state index >= 15 is 0 Å². The summed E-state index contributed by atoms with van der Waals surface area (Å²) in [4.78, 5) is 7.29. The van der Waals surface area contributed by atoms with Gasteiger partial charge in [0, 0.05) is 24.8 Å². The fourth-order valence-electron chi connectivity index (χ4n) is 5.04. The molecular formula is C16H23N3. The summed E-state index contributed by atoms with van der Waals surface area (Å²) >= 11 is 0. The quantitative estimate of drug-likeness (QED) is 0.903. The van der Waals surface area contributed by atoms with Crippen molar-refractivity contribution < 1.29 is 0 Å². The SMILES string of the molecule is NCC(c1ccccn1)N1C2CC3CC(C2)CC1C3. The molecule has 1 unspecified atom stereocenters. The van der Waals surface area contributed by atoms with E-state index < -0.39 is 0 Å². The maximum absolute atomic E-state index is 6.10. The molecule has 2 saturated carbocycles. The van der Waals surface area contributed by atoms with E-state index in [1.165, 1.54) is 32.1 Å². The lowest BCUT2D eigenvalue weighted by Crippen LogP contribution is -2.59. The first-order chi connectivity index (χ1) is 9.35. The van der Waals surface area contributed by atoms with Gasteiger partial charge in [-0.05, 0) is 56.1 Å². The number of pyridine rings is 1. The van der Waals surface area contributed by atoms with Crippen LogP contribution >= 0.6 is 0 Å². The standard InChI is InChI=1S/C16H23N3/c17-10-16(15-3-1-2-4-18-15)19-13-6-11-5-12(8-13)9-14(19)7-11/h1-4,11-14,16H,5-10,17H2. The molecule has 2 N–H and O–H groups in total. The minimum Gasteiger partial charge on any atom is -0.329 e. The van der Waals surface area contributed by atoms with Gasteiger partial charge in [-0.1, -0.05) is 6.07 Å². The smallest absolute Gasteiger partial charge is 0.0649 e. The van der Waals surface area contributed by atoms with Crippen molar-refractivity contribution in [2.75, 3.05) is 6.54 Å². The largest absolute Gasteiger partial charge is 0.329 e. The van der Waals surface area contributed by atoms with Gasteiger partial charge >= 0.3 is 0 Å². The van der Waals surface area contributed by atoms with Crippen LogP contribution in [0.15, 0.2) is 24.4 Å². The van der Waals surface area contributed by atoms with E-state index in [0.29, 0.717) is 12.6 Å². The Labute approximate surface area is 115 Å². The molecule has 4 fully saturated rings. The van der Waals surface area contributed by atoms with Gasteiger partial charge < -0.3 is 5.73 Å². The molecule has 0 radical (unpaired) electrons. The Morgan fingerprint density at radius 2 is 1.79 bits per heavy atom. The Morgan fingerprint density at radius 1 is 1.11 bits per heavy atom. The van der Waals surface area contributed by atoms with Gasteiger partial charge in [0.1, 0.15) is 0 Å². The van der Waals surface area contributed by atoms with E-state index in [-0.39, 0.29) is 0 Å². The van der Waals surface area contributed by atoms with Gasteiger partial charge in [-0.2, -0.15) is 0 Å². The van der Waals surface area contributed by atoms with E-state index in [2.05, 4.69) is 22.0 Å². The highest BCUT2D eigenvalue weighted by Gasteiger charge is 2.49. The molecule has 0 aromatic carbocycles. The normalized spacial score (nSPS) is 38.6. The third-order valence-electron chi connectivity index (χ3n) is 5.54. The van der Waals surface area contributed by atoms with Crippen LogP contribution in [0.2, 0.25) is 0 Å². The number of hydrogen-bond donors (Lipinski definition) is 1. The van der Waals surface area contributed by atoms with Gasteiger partial charge in [-0.15, -0.1) is 0 Å². The zero-order valence-corrected chi connectivity index (χ0v) is 11.4. The maximum atomic E-state index is 6.10. The highest BCUT2D eigenvalue weighted by Crippen LogP contribution is 2.51. The van der Waals surface area contributed by atoms with Crippen molar-refractivity contribution >= 4 is 0 Å². The molecule has 0 amide bonds. The predicted molar refractivity (Wildman–Crippen MR) is 75.5 cm³/mol. The molecule has 3 heterocycles. The predicted octanol–water partition coefficient (Wildman–Crippen LogP) is 2.34. The first-order valence-corrected chi connectivity index (χ1v) is 7.73.